The molecule has 0 radical (unpaired) electrons. The van der Waals surface area contributed by atoms with Crippen LogP contribution in [0.15, 0.2) is 23.8 Å². The highest BCUT2D eigenvalue weighted by atomic mass is 32.1. The Bertz CT molecular complexity index is 522. The van der Waals surface area contributed by atoms with Crippen molar-refractivity contribution >= 4 is 23.0 Å². The van der Waals surface area contributed by atoms with Crippen LogP contribution in [0.25, 0.3) is 0 Å². The number of hydrogen-bond acceptors (Lipinski definition) is 5. The fourth-order valence-electron chi connectivity index (χ4n) is 2.12. The summed E-state index contributed by atoms with van der Waals surface area (Å²) in [4.78, 5) is 9.76. The van der Waals surface area contributed by atoms with Crippen molar-refractivity contribution in [3.63, 3.8) is 0 Å². The quantitative estimate of drug-likeness (QED) is 0.871. The summed E-state index contributed by atoms with van der Waals surface area (Å²) in [7, 11) is 0. The summed E-state index contributed by atoms with van der Waals surface area (Å²) in [6.07, 6.45) is 2.52. The van der Waals surface area contributed by atoms with Gasteiger partial charge in [0.1, 0.15) is 18.0 Å². The SMILES string of the molecule is CCC(Nc1ncnc(N)c1C(C)C)c1cccs1. The van der Waals surface area contributed by atoms with Crippen molar-refractivity contribution in [3.8, 4) is 0 Å². The molecule has 0 saturated carbocycles. The molecular weight excluding hydrogens is 256 g/mol. The highest BCUT2D eigenvalue weighted by molar-refractivity contribution is 7.10. The van der Waals surface area contributed by atoms with E-state index in [2.05, 4.69) is 53.6 Å². The molecular formula is C14H20N4S. The van der Waals surface area contributed by atoms with Gasteiger partial charge in [0, 0.05) is 10.4 Å². The number of nitrogens with zero attached hydrogens (tertiary/aromatic N) is 2. The second-order valence-electron chi connectivity index (χ2n) is 4.80. The summed E-state index contributed by atoms with van der Waals surface area (Å²) in [5, 5.41) is 5.60. The van der Waals surface area contributed by atoms with E-state index in [-0.39, 0.29) is 6.04 Å². The first-order valence-corrected chi connectivity index (χ1v) is 7.41. The Balaban J connectivity index is 2.30. The van der Waals surface area contributed by atoms with Crippen LogP contribution in [0.3, 0.4) is 0 Å². The summed E-state index contributed by atoms with van der Waals surface area (Å²) in [6.45, 7) is 6.37. The van der Waals surface area contributed by atoms with Crippen molar-refractivity contribution in [1.29, 1.82) is 0 Å². The van der Waals surface area contributed by atoms with Gasteiger partial charge in [-0.05, 0) is 23.8 Å². The number of aromatic nitrogens is 2. The minimum absolute atomic E-state index is 0.270. The normalized spacial score (nSPS) is 12.6. The van der Waals surface area contributed by atoms with E-state index in [0.717, 1.165) is 17.8 Å². The standard InChI is InChI=1S/C14H20N4S/c1-4-10(11-6-5-7-19-11)18-14-12(9(2)3)13(15)16-8-17-14/h5-10H,4H2,1-3H3,(H3,15,16,17,18). The Kier molecular flexibility index (Phi) is 4.37. The molecule has 1 unspecified atom stereocenters. The number of thiophene rings is 1. The zero-order valence-corrected chi connectivity index (χ0v) is 12.4. The minimum Gasteiger partial charge on any atom is -0.383 e. The molecule has 0 aromatic carbocycles. The number of nitrogen functional groups attached to an aromatic ring is 1. The summed E-state index contributed by atoms with van der Waals surface area (Å²) in [5.74, 6) is 1.71. The van der Waals surface area contributed by atoms with Crippen molar-refractivity contribution in [1.82, 2.24) is 9.97 Å². The van der Waals surface area contributed by atoms with E-state index in [9.17, 15) is 0 Å². The van der Waals surface area contributed by atoms with Crippen molar-refractivity contribution in [2.24, 2.45) is 0 Å². The Hall–Kier alpha value is -1.62. The van der Waals surface area contributed by atoms with Crippen LogP contribution in [0.5, 0.6) is 0 Å². The van der Waals surface area contributed by atoms with Crippen LogP contribution in [0.4, 0.5) is 11.6 Å². The molecule has 0 aliphatic carbocycles. The van der Waals surface area contributed by atoms with Crippen LogP contribution < -0.4 is 11.1 Å². The number of nitrogens with one attached hydrogen (secondary N) is 1. The highest BCUT2D eigenvalue weighted by Gasteiger charge is 2.17. The summed E-state index contributed by atoms with van der Waals surface area (Å²) >= 11 is 1.76. The number of nitrogens with two attached hydrogens (primary N) is 1. The van der Waals surface area contributed by atoms with Gasteiger partial charge in [0.25, 0.3) is 0 Å². The number of rotatable bonds is 5. The molecule has 2 rings (SSSR count). The van der Waals surface area contributed by atoms with E-state index < -0.39 is 0 Å². The molecule has 2 heterocycles. The smallest absolute Gasteiger partial charge is 0.135 e. The molecule has 0 aliphatic rings. The van der Waals surface area contributed by atoms with Gasteiger partial charge in [0.2, 0.25) is 0 Å². The minimum atomic E-state index is 0.270. The van der Waals surface area contributed by atoms with Crippen LogP contribution in [-0.2, 0) is 0 Å². The van der Waals surface area contributed by atoms with E-state index >= 15 is 0 Å². The lowest BCUT2D eigenvalue weighted by atomic mass is 10.0. The molecule has 2 aromatic rings. The molecule has 0 spiro atoms. The fraction of sp³-hybridized carbons (Fsp3) is 0.429. The third kappa shape index (κ3) is 3.04. The molecule has 5 heteroatoms. The van der Waals surface area contributed by atoms with E-state index in [0.29, 0.717) is 11.7 Å². The van der Waals surface area contributed by atoms with Gasteiger partial charge in [0.15, 0.2) is 0 Å². The van der Waals surface area contributed by atoms with Gasteiger partial charge < -0.3 is 11.1 Å². The van der Waals surface area contributed by atoms with Crippen LogP contribution in [0, 0.1) is 0 Å². The van der Waals surface area contributed by atoms with E-state index in [4.69, 9.17) is 5.73 Å². The van der Waals surface area contributed by atoms with Crippen LogP contribution in [0.1, 0.15) is 49.6 Å². The topological polar surface area (TPSA) is 63.8 Å². The molecule has 0 saturated heterocycles. The molecule has 0 fully saturated rings. The third-order valence-corrected chi connectivity index (χ3v) is 4.08. The zero-order chi connectivity index (χ0) is 13.8. The van der Waals surface area contributed by atoms with Gasteiger partial charge >= 0.3 is 0 Å². The second kappa shape index (κ2) is 6.02. The molecule has 4 nitrogen and oxygen atoms in total. The van der Waals surface area contributed by atoms with Crippen molar-refractivity contribution in [2.75, 3.05) is 11.1 Å². The number of anilines is 2. The summed E-state index contributed by atoms with van der Waals surface area (Å²) in [5.41, 5.74) is 6.97. The van der Waals surface area contributed by atoms with Gasteiger partial charge in [-0.25, -0.2) is 9.97 Å². The molecule has 0 aliphatic heterocycles. The Morgan fingerprint density at radius 2 is 2.16 bits per heavy atom. The van der Waals surface area contributed by atoms with E-state index in [1.807, 2.05) is 0 Å². The molecule has 0 bridgehead atoms. The largest absolute Gasteiger partial charge is 0.383 e. The van der Waals surface area contributed by atoms with Gasteiger partial charge in [-0.2, -0.15) is 0 Å². The molecule has 2 aromatic heterocycles. The van der Waals surface area contributed by atoms with Gasteiger partial charge in [-0.1, -0.05) is 26.8 Å². The summed E-state index contributed by atoms with van der Waals surface area (Å²) in [6, 6.07) is 4.49. The van der Waals surface area contributed by atoms with Gasteiger partial charge in [-0.15, -0.1) is 11.3 Å². The molecule has 0 amide bonds. The van der Waals surface area contributed by atoms with Crippen LogP contribution in [-0.4, -0.2) is 9.97 Å². The monoisotopic (exact) mass is 276 g/mol. The fourth-order valence-corrected chi connectivity index (χ4v) is 2.98. The predicted molar refractivity (Wildman–Crippen MR) is 81.5 cm³/mol. The first-order chi connectivity index (χ1) is 9.13. The maximum absolute atomic E-state index is 5.97. The average Bonchev–Trinajstić information content (AvgIpc) is 2.89. The van der Waals surface area contributed by atoms with Crippen LogP contribution >= 0.6 is 11.3 Å². The molecule has 1 atom stereocenters. The highest BCUT2D eigenvalue weighted by Crippen LogP contribution is 2.31. The summed E-state index contributed by atoms with van der Waals surface area (Å²) < 4.78 is 0. The van der Waals surface area contributed by atoms with Crippen molar-refractivity contribution in [2.45, 2.75) is 39.2 Å². The first kappa shape index (κ1) is 13.8. The average molecular weight is 276 g/mol. The first-order valence-electron chi connectivity index (χ1n) is 6.53. The van der Waals surface area contributed by atoms with Crippen LogP contribution in [0.2, 0.25) is 0 Å². The lowest BCUT2D eigenvalue weighted by molar-refractivity contribution is 0.748. The van der Waals surface area contributed by atoms with Gasteiger partial charge in [0.05, 0.1) is 6.04 Å². The molecule has 3 N–H and O–H groups in total. The Morgan fingerprint density at radius 1 is 1.37 bits per heavy atom. The molecule has 19 heavy (non-hydrogen) atoms. The lowest BCUT2D eigenvalue weighted by Crippen LogP contribution is -2.13. The van der Waals surface area contributed by atoms with E-state index in [1.165, 1.54) is 11.2 Å². The zero-order valence-electron chi connectivity index (χ0n) is 11.6. The maximum atomic E-state index is 5.97. The second-order valence-corrected chi connectivity index (χ2v) is 5.78. The predicted octanol–water partition coefficient (Wildman–Crippen LogP) is 3.81. The Morgan fingerprint density at radius 3 is 2.74 bits per heavy atom. The van der Waals surface area contributed by atoms with Gasteiger partial charge in [-0.3, -0.25) is 0 Å². The number of hydrogen-bond donors (Lipinski definition) is 2. The maximum Gasteiger partial charge on any atom is 0.135 e. The van der Waals surface area contributed by atoms with Crippen molar-refractivity contribution < 1.29 is 0 Å². The Labute approximate surface area is 118 Å². The lowest BCUT2D eigenvalue weighted by Gasteiger charge is -2.20. The van der Waals surface area contributed by atoms with Crippen molar-refractivity contribution in [3.05, 3.63) is 34.3 Å². The molecule has 102 valence electrons. The third-order valence-electron chi connectivity index (χ3n) is 3.10. The van der Waals surface area contributed by atoms with E-state index in [1.54, 1.807) is 11.3 Å².